The van der Waals surface area contributed by atoms with Crippen LogP contribution >= 0.6 is 11.6 Å². The van der Waals surface area contributed by atoms with Crippen molar-refractivity contribution in [1.29, 1.82) is 0 Å². The lowest BCUT2D eigenvalue weighted by atomic mass is 10.1. The molecule has 1 amide bonds. The Balaban J connectivity index is 1.18. The summed E-state index contributed by atoms with van der Waals surface area (Å²) in [6.07, 6.45) is -1.92. The van der Waals surface area contributed by atoms with E-state index in [1.54, 1.807) is 11.0 Å². The molecule has 0 bridgehead atoms. The van der Waals surface area contributed by atoms with Crippen molar-refractivity contribution < 1.29 is 26.4 Å². The van der Waals surface area contributed by atoms with Crippen molar-refractivity contribution in [3.05, 3.63) is 82.0 Å². The quantitative estimate of drug-likeness (QED) is 0.241. The first-order chi connectivity index (χ1) is 20.4. The number of nitrogens with zero attached hydrogens (tertiary/aromatic N) is 3. The standard InChI is InChI=1S/C29H32ClF3N6O3S/c30-26-17-22(29(31,32)33)18-27(37-26)38-10-12-39(13-11-38)43(41,42)25-6-4-23(5-7-25)36-28(40)20-3-2-19-15-24(16-21(19)14-20)35-9-1-8-34/h2-7,14,17-18,24,35H,1,8-13,15-16,34H2,(H,36,40). The van der Waals surface area contributed by atoms with Crippen LogP contribution in [0.5, 0.6) is 0 Å². The second kappa shape index (κ2) is 12.8. The number of nitrogens with two attached hydrogens (primary N) is 1. The summed E-state index contributed by atoms with van der Waals surface area (Å²) in [5.41, 5.74) is 7.97. The SMILES string of the molecule is NCCCNC1Cc2ccc(C(=O)Nc3ccc(S(=O)(=O)N4CCN(c5cc(C(F)(F)F)cc(Cl)n5)CC4)cc3)cc2C1. The Bertz CT molecular complexity index is 1580. The van der Waals surface area contributed by atoms with Crippen LogP contribution < -0.4 is 21.3 Å². The highest BCUT2D eigenvalue weighted by molar-refractivity contribution is 7.89. The third-order valence-corrected chi connectivity index (χ3v) is 9.74. The van der Waals surface area contributed by atoms with Crippen molar-refractivity contribution in [2.24, 2.45) is 5.73 Å². The van der Waals surface area contributed by atoms with Crippen LogP contribution in [0.25, 0.3) is 0 Å². The van der Waals surface area contributed by atoms with E-state index in [1.165, 1.54) is 34.1 Å². The zero-order valence-electron chi connectivity index (χ0n) is 23.2. The molecule has 1 saturated heterocycles. The molecule has 2 aliphatic rings. The van der Waals surface area contributed by atoms with E-state index in [1.807, 2.05) is 12.1 Å². The molecule has 3 aromatic rings. The van der Waals surface area contributed by atoms with Gasteiger partial charge in [-0.2, -0.15) is 17.5 Å². The zero-order valence-corrected chi connectivity index (χ0v) is 24.8. The number of rotatable bonds is 9. The van der Waals surface area contributed by atoms with Crippen LogP contribution in [0.2, 0.25) is 5.15 Å². The third kappa shape index (κ3) is 7.29. The average molecular weight is 637 g/mol. The summed E-state index contributed by atoms with van der Waals surface area (Å²) in [7, 11) is -3.87. The number of piperazine rings is 1. The molecule has 9 nitrogen and oxygen atoms in total. The number of nitrogens with one attached hydrogen (secondary N) is 2. The lowest BCUT2D eigenvalue weighted by Gasteiger charge is -2.35. The minimum Gasteiger partial charge on any atom is -0.354 e. The first kappa shape index (κ1) is 31.2. The summed E-state index contributed by atoms with van der Waals surface area (Å²) in [6, 6.07) is 13.6. The molecule has 14 heteroatoms. The van der Waals surface area contributed by atoms with Crippen molar-refractivity contribution >= 4 is 39.0 Å². The number of amides is 1. The van der Waals surface area contributed by atoms with E-state index in [2.05, 4.69) is 15.6 Å². The fourth-order valence-corrected chi connectivity index (χ4v) is 6.97. The molecule has 4 N–H and O–H groups in total. The molecule has 1 atom stereocenters. The predicted molar refractivity (Wildman–Crippen MR) is 159 cm³/mol. The second-order valence-corrected chi connectivity index (χ2v) is 12.9. The Kier molecular flexibility index (Phi) is 9.28. The molecule has 1 aliphatic heterocycles. The fourth-order valence-electron chi connectivity index (χ4n) is 5.34. The Morgan fingerprint density at radius 2 is 1.70 bits per heavy atom. The highest BCUT2D eigenvalue weighted by atomic mass is 35.5. The van der Waals surface area contributed by atoms with Gasteiger partial charge < -0.3 is 21.3 Å². The van der Waals surface area contributed by atoms with Crippen LogP contribution in [-0.4, -0.2) is 68.9 Å². The number of halogens is 4. The summed E-state index contributed by atoms with van der Waals surface area (Å²) in [6.45, 7) is 1.89. The first-order valence-corrected chi connectivity index (χ1v) is 15.7. The largest absolute Gasteiger partial charge is 0.416 e. The van der Waals surface area contributed by atoms with Crippen molar-refractivity contribution in [2.75, 3.05) is 49.5 Å². The molecule has 1 aromatic heterocycles. The average Bonchev–Trinajstić information content (AvgIpc) is 3.39. The molecule has 2 aromatic carbocycles. The highest BCUT2D eigenvalue weighted by Crippen LogP contribution is 2.33. The lowest BCUT2D eigenvalue weighted by Crippen LogP contribution is -2.49. The molecule has 1 aliphatic carbocycles. The number of hydrogen-bond donors (Lipinski definition) is 3. The number of hydrogen-bond acceptors (Lipinski definition) is 7. The summed E-state index contributed by atoms with van der Waals surface area (Å²) < 4.78 is 67.4. The predicted octanol–water partition coefficient (Wildman–Crippen LogP) is 3.92. The highest BCUT2D eigenvalue weighted by Gasteiger charge is 2.34. The van der Waals surface area contributed by atoms with E-state index in [4.69, 9.17) is 17.3 Å². The van der Waals surface area contributed by atoms with E-state index >= 15 is 0 Å². The first-order valence-electron chi connectivity index (χ1n) is 13.9. The number of pyridine rings is 1. The number of carbonyl (C=O) groups excluding carboxylic acids is 1. The number of carbonyl (C=O) groups is 1. The van der Waals surface area contributed by atoms with E-state index in [0.717, 1.165) is 43.5 Å². The van der Waals surface area contributed by atoms with Crippen LogP contribution in [0, 0.1) is 0 Å². The van der Waals surface area contributed by atoms with Gasteiger partial charge in [0.05, 0.1) is 10.5 Å². The van der Waals surface area contributed by atoms with Crippen LogP contribution in [0.4, 0.5) is 24.7 Å². The van der Waals surface area contributed by atoms with Gasteiger partial charge in [-0.15, -0.1) is 0 Å². The summed E-state index contributed by atoms with van der Waals surface area (Å²) >= 11 is 5.81. The molecule has 0 spiro atoms. The molecular weight excluding hydrogens is 605 g/mol. The van der Waals surface area contributed by atoms with E-state index in [0.29, 0.717) is 23.8 Å². The molecule has 1 fully saturated rings. The molecule has 230 valence electrons. The van der Waals surface area contributed by atoms with Crippen molar-refractivity contribution in [3.8, 4) is 0 Å². The molecular formula is C29H32ClF3N6O3S. The molecule has 1 unspecified atom stereocenters. The second-order valence-electron chi connectivity index (χ2n) is 10.6. The normalized spacial score (nSPS) is 17.6. The summed E-state index contributed by atoms with van der Waals surface area (Å²) in [5, 5.41) is 6.03. The smallest absolute Gasteiger partial charge is 0.354 e. The van der Waals surface area contributed by atoms with Crippen LogP contribution in [-0.2, 0) is 29.0 Å². The Morgan fingerprint density at radius 3 is 2.37 bits per heavy atom. The van der Waals surface area contributed by atoms with E-state index in [9.17, 15) is 26.4 Å². The number of alkyl halides is 3. The Labute approximate surface area is 253 Å². The van der Waals surface area contributed by atoms with Crippen molar-refractivity contribution in [3.63, 3.8) is 0 Å². The van der Waals surface area contributed by atoms with Gasteiger partial charge in [0, 0.05) is 43.5 Å². The van der Waals surface area contributed by atoms with E-state index < -0.39 is 21.8 Å². The van der Waals surface area contributed by atoms with Gasteiger partial charge in [-0.3, -0.25) is 4.79 Å². The van der Waals surface area contributed by atoms with E-state index in [-0.39, 0.29) is 48.0 Å². The van der Waals surface area contributed by atoms with Crippen molar-refractivity contribution in [2.45, 2.75) is 36.4 Å². The van der Waals surface area contributed by atoms with Gasteiger partial charge in [-0.05, 0) is 92.0 Å². The molecule has 5 rings (SSSR count). The molecule has 43 heavy (non-hydrogen) atoms. The maximum atomic E-state index is 13.3. The number of sulfonamides is 1. The van der Waals surface area contributed by atoms with Crippen LogP contribution in [0.15, 0.2) is 59.5 Å². The van der Waals surface area contributed by atoms with Gasteiger partial charge >= 0.3 is 6.18 Å². The molecule has 0 radical (unpaired) electrons. The van der Waals surface area contributed by atoms with Gasteiger partial charge in [-0.1, -0.05) is 17.7 Å². The Hall–Kier alpha value is -3.23. The minimum absolute atomic E-state index is 0.0410. The number of anilines is 2. The number of benzene rings is 2. The number of aromatic nitrogens is 1. The lowest BCUT2D eigenvalue weighted by molar-refractivity contribution is -0.137. The summed E-state index contributed by atoms with van der Waals surface area (Å²) in [5.74, 6) is -0.253. The monoisotopic (exact) mass is 636 g/mol. The number of fused-ring (bicyclic) bond motifs is 1. The van der Waals surface area contributed by atoms with Gasteiger partial charge in [0.2, 0.25) is 10.0 Å². The van der Waals surface area contributed by atoms with Gasteiger partial charge in [0.15, 0.2) is 0 Å². The third-order valence-electron chi connectivity index (χ3n) is 7.64. The fraction of sp³-hybridized carbons (Fsp3) is 0.379. The maximum Gasteiger partial charge on any atom is 0.416 e. The van der Waals surface area contributed by atoms with Crippen LogP contribution in [0.3, 0.4) is 0 Å². The maximum absolute atomic E-state index is 13.3. The zero-order chi connectivity index (χ0) is 30.8. The van der Waals surface area contributed by atoms with Gasteiger partial charge in [-0.25, -0.2) is 13.4 Å². The van der Waals surface area contributed by atoms with Crippen LogP contribution in [0.1, 0.15) is 33.5 Å². The minimum atomic E-state index is -4.58. The topological polar surface area (TPSA) is 121 Å². The molecule has 0 saturated carbocycles. The Morgan fingerprint density at radius 1 is 1.00 bits per heavy atom. The van der Waals surface area contributed by atoms with Crippen molar-refractivity contribution in [1.82, 2.24) is 14.6 Å². The summed E-state index contributed by atoms with van der Waals surface area (Å²) in [4.78, 5) is 18.5. The van der Waals surface area contributed by atoms with Gasteiger partial charge in [0.1, 0.15) is 11.0 Å². The molecule has 2 heterocycles. The van der Waals surface area contributed by atoms with Gasteiger partial charge in [0.25, 0.3) is 5.91 Å².